The average molecular weight is 228 g/mol. The Kier molecular flexibility index (Phi) is 2.44. The topological polar surface area (TPSA) is 30.7 Å². The lowest BCUT2D eigenvalue weighted by Gasteiger charge is -2.00. The summed E-state index contributed by atoms with van der Waals surface area (Å²) in [6, 6.07) is 3.63. The van der Waals surface area contributed by atoms with Gasteiger partial charge in [-0.15, -0.1) is 0 Å². The summed E-state index contributed by atoms with van der Waals surface area (Å²) >= 11 is 11.9. The van der Waals surface area contributed by atoms with Gasteiger partial charge in [0.25, 0.3) is 0 Å². The van der Waals surface area contributed by atoms with E-state index in [1.807, 2.05) is 19.1 Å². The zero-order valence-corrected chi connectivity index (χ0v) is 8.92. The monoisotopic (exact) mass is 227 g/mol. The van der Waals surface area contributed by atoms with Crippen molar-refractivity contribution in [1.29, 1.82) is 0 Å². The lowest BCUT2D eigenvalue weighted by atomic mass is 10.4. The molecule has 2 aromatic rings. The van der Waals surface area contributed by atoms with Gasteiger partial charge in [-0.3, -0.25) is 4.98 Å². The summed E-state index contributed by atoms with van der Waals surface area (Å²) in [5, 5.41) is 5.05. The van der Waals surface area contributed by atoms with Gasteiger partial charge in [-0.2, -0.15) is 5.10 Å². The van der Waals surface area contributed by atoms with Crippen LogP contribution in [0.15, 0.2) is 24.5 Å². The predicted molar refractivity (Wildman–Crippen MR) is 56.1 cm³/mol. The van der Waals surface area contributed by atoms with Crippen molar-refractivity contribution < 1.29 is 0 Å². The number of hydrogen-bond acceptors (Lipinski definition) is 2. The van der Waals surface area contributed by atoms with Crippen molar-refractivity contribution in [3.05, 3.63) is 40.4 Å². The third kappa shape index (κ3) is 1.49. The normalized spacial score (nSPS) is 10.5. The molecule has 0 aliphatic heterocycles. The van der Waals surface area contributed by atoms with Crippen molar-refractivity contribution in [1.82, 2.24) is 14.8 Å². The van der Waals surface area contributed by atoms with E-state index < -0.39 is 0 Å². The van der Waals surface area contributed by atoms with Crippen molar-refractivity contribution in [2.45, 2.75) is 6.92 Å². The summed E-state index contributed by atoms with van der Waals surface area (Å²) < 4.78 is 1.58. The first kappa shape index (κ1) is 9.49. The van der Waals surface area contributed by atoms with Crippen molar-refractivity contribution >= 4 is 23.2 Å². The van der Waals surface area contributed by atoms with Gasteiger partial charge < -0.3 is 0 Å². The highest BCUT2D eigenvalue weighted by atomic mass is 35.5. The Morgan fingerprint density at radius 3 is 2.36 bits per heavy atom. The lowest BCUT2D eigenvalue weighted by molar-refractivity contribution is 0.878. The van der Waals surface area contributed by atoms with Crippen LogP contribution in [-0.2, 0) is 0 Å². The van der Waals surface area contributed by atoms with Crippen molar-refractivity contribution in [2.24, 2.45) is 0 Å². The van der Waals surface area contributed by atoms with E-state index in [1.165, 1.54) is 0 Å². The van der Waals surface area contributed by atoms with Crippen LogP contribution >= 0.6 is 23.2 Å². The van der Waals surface area contributed by atoms with Crippen LogP contribution in [0, 0.1) is 6.92 Å². The first-order valence-corrected chi connectivity index (χ1v) is 4.77. The molecular formula is C9H7Cl2N3. The Balaban J connectivity index is 2.58. The van der Waals surface area contributed by atoms with Crippen LogP contribution in [0.3, 0.4) is 0 Å². The maximum absolute atomic E-state index is 6.04. The standard InChI is InChI=1S/C9H7Cl2N3/c1-6-8(10)13-14(9(6)11)7-2-4-12-5-3-7/h2-5H,1H3. The van der Waals surface area contributed by atoms with Crippen LogP contribution in [-0.4, -0.2) is 14.8 Å². The third-order valence-electron chi connectivity index (χ3n) is 1.90. The molecule has 72 valence electrons. The molecule has 0 amide bonds. The number of hydrogen-bond donors (Lipinski definition) is 0. The number of halogens is 2. The van der Waals surface area contributed by atoms with Gasteiger partial charge in [-0.25, -0.2) is 4.68 Å². The molecule has 0 atom stereocenters. The van der Waals surface area contributed by atoms with Crippen LogP contribution in [0.25, 0.3) is 5.69 Å². The number of rotatable bonds is 1. The minimum absolute atomic E-state index is 0.423. The number of nitrogens with zero attached hydrogens (tertiary/aromatic N) is 3. The number of pyridine rings is 1. The molecule has 0 aromatic carbocycles. The molecule has 2 heterocycles. The van der Waals surface area contributed by atoms with Gasteiger partial charge in [0.1, 0.15) is 5.15 Å². The molecule has 0 spiro atoms. The minimum Gasteiger partial charge on any atom is -0.265 e. The quantitative estimate of drug-likeness (QED) is 0.751. The van der Waals surface area contributed by atoms with Crippen LogP contribution < -0.4 is 0 Å². The summed E-state index contributed by atoms with van der Waals surface area (Å²) in [4.78, 5) is 3.91. The minimum atomic E-state index is 0.423. The zero-order valence-electron chi connectivity index (χ0n) is 7.41. The van der Waals surface area contributed by atoms with E-state index in [9.17, 15) is 0 Å². The third-order valence-corrected chi connectivity index (χ3v) is 2.70. The molecule has 0 bridgehead atoms. The van der Waals surface area contributed by atoms with Crippen LogP contribution in [0.5, 0.6) is 0 Å². The zero-order chi connectivity index (χ0) is 10.1. The smallest absolute Gasteiger partial charge is 0.155 e. The molecule has 0 saturated heterocycles. The summed E-state index contributed by atoms with van der Waals surface area (Å²) in [7, 11) is 0. The first-order valence-electron chi connectivity index (χ1n) is 4.01. The molecule has 14 heavy (non-hydrogen) atoms. The molecule has 0 N–H and O–H groups in total. The second kappa shape index (κ2) is 3.59. The lowest BCUT2D eigenvalue weighted by Crippen LogP contribution is -1.95. The largest absolute Gasteiger partial charge is 0.265 e. The highest BCUT2D eigenvalue weighted by molar-refractivity contribution is 6.35. The summed E-state index contributed by atoms with van der Waals surface area (Å²) in [5.41, 5.74) is 1.63. The molecule has 0 aliphatic carbocycles. The Morgan fingerprint density at radius 1 is 1.21 bits per heavy atom. The second-order valence-electron chi connectivity index (χ2n) is 2.82. The van der Waals surface area contributed by atoms with Crippen molar-refractivity contribution in [2.75, 3.05) is 0 Å². The maximum Gasteiger partial charge on any atom is 0.155 e. The van der Waals surface area contributed by atoms with Gasteiger partial charge in [0.15, 0.2) is 5.15 Å². The van der Waals surface area contributed by atoms with Crippen LogP contribution in [0.4, 0.5) is 0 Å². The van der Waals surface area contributed by atoms with Crippen LogP contribution in [0.2, 0.25) is 10.3 Å². The maximum atomic E-state index is 6.04. The van der Waals surface area contributed by atoms with Crippen molar-refractivity contribution in [3.63, 3.8) is 0 Å². The van der Waals surface area contributed by atoms with Gasteiger partial charge in [0, 0.05) is 18.0 Å². The van der Waals surface area contributed by atoms with Gasteiger partial charge in [-0.05, 0) is 19.1 Å². The highest BCUT2D eigenvalue weighted by Crippen LogP contribution is 2.25. The van der Waals surface area contributed by atoms with E-state index in [4.69, 9.17) is 23.2 Å². The first-order chi connectivity index (χ1) is 6.70. The molecule has 0 fully saturated rings. The SMILES string of the molecule is Cc1c(Cl)nn(-c2ccncc2)c1Cl. The van der Waals surface area contributed by atoms with E-state index >= 15 is 0 Å². The van der Waals surface area contributed by atoms with E-state index in [-0.39, 0.29) is 0 Å². The Bertz CT molecular complexity index is 451. The summed E-state index contributed by atoms with van der Waals surface area (Å²) in [6.45, 7) is 1.83. The molecule has 0 unspecified atom stereocenters. The van der Waals surface area contributed by atoms with E-state index in [1.54, 1.807) is 17.1 Å². The fraction of sp³-hybridized carbons (Fsp3) is 0.111. The van der Waals surface area contributed by atoms with E-state index in [2.05, 4.69) is 10.1 Å². The molecule has 0 radical (unpaired) electrons. The number of aromatic nitrogens is 3. The molecule has 2 aromatic heterocycles. The molecule has 5 heteroatoms. The van der Waals surface area contributed by atoms with Gasteiger partial charge in [0.2, 0.25) is 0 Å². The summed E-state index contributed by atoms with van der Waals surface area (Å²) in [6.07, 6.45) is 3.35. The van der Waals surface area contributed by atoms with Gasteiger partial charge in [-0.1, -0.05) is 23.2 Å². The molecule has 0 saturated carbocycles. The second-order valence-corrected chi connectivity index (χ2v) is 3.54. The van der Waals surface area contributed by atoms with E-state index in [0.29, 0.717) is 10.3 Å². The van der Waals surface area contributed by atoms with E-state index in [0.717, 1.165) is 11.3 Å². The fourth-order valence-corrected chi connectivity index (χ4v) is 1.55. The predicted octanol–water partition coefficient (Wildman–Crippen LogP) is 2.88. The highest BCUT2D eigenvalue weighted by Gasteiger charge is 2.11. The Labute approximate surface area is 91.3 Å². The molecule has 3 nitrogen and oxygen atoms in total. The average Bonchev–Trinajstić information content (AvgIpc) is 2.47. The molecular weight excluding hydrogens is 221 g/mol. The van der Waals surface area contributed by atoms with Gasteiger partial charge in [0.05, 0.1) is 5.69 Å². The Hall–Kier alpha value is -1.06. The molecule has 0 aliphatic rings. The van der Waals surface area contributed by atoms with Crippen molar-refractivity contribution in [3.8, 4) is 5.69 Å². The Morgan fingerprint density at radius 2 is 1.86 bits per heavy atom. The van der Waals surface area contributed by atoms with Gasteiger partial charge >= 0.3 is 0 Å². The fourth-order valence-electron chi connectivity index (χ4n) is 1.11. The molecule has 2 rings (SSSR count). The summed E-state index contributed by atoms with van der Waals surface area (Å²) in [5.74, 6) is 0. The van der Waals surface area contributed by atoms with Crippen LogP contribution in [0.1, 0.15) is 5.56 Å².